The predicted octanol–water partition coefficient (Wildman–Crippen LogP) is 3.75. The summed E-state index contributed by atoms with van der Waals surface area (Å²) in [6.45, 7) is 9.53. The van der Waals surface area contributed by atoms with Crippen LogP contribution in [0.5, 0.6) is 0 Å². The fourth-order valence-corrected chi connectivity index (χ4v) is 4.06. The molecule has 4 nitrogen and oxygen atoms in total. The van der Waals surface area contributed by atoms with Gasteiger partial charge < -0.3 is 10.2 Å². The Kier molecular flexibility index (Phi) is 5.19. The van der Waals surface area contributed by atoms with E-state index in [1.807, 2.05) is 29.2 Å². The summed E-state index contributed by atoms with van der Waals surface area (Å²) in [5, 5.41) is 4.92. The summed E-state index contributed by atoms with van der Waals surface area (Å²) in [7, 11) is 0. The van der Waals surface area contributed by atoms with Crippen LogP contribution in [0.25, 0.3) is 0 Å². The van der Waals surface area contributed by atoms with Crippen LogP contribution >= 0.6 is 11.3 Å². The third-order valence-electron chi connectivity index (χ3n) is 4.85. The Morgan fingerprint density at radius 1 is 1.15 bits per heavy atom. The quantitative estimate of drug-likeness (QED) is 0.895. The first-order valence-corrected chi connectivity index (χ1v) is 9.89. The van der Waals surface area contributed by atoms with E-state index in [0.29, 0.717) is 18.7 Å². The number of rotatable bonds is 3. The third-order valence-corrected chi connectivity index (χ3v) is 5.87. The minimum atomic E-state index is -0.537. The van der Waals surface area contributed by atoms with Crippen LogP contribution in [0.15, 0.2) is 35.7 Å². The first-order valence-electron chi connectivity index (χ1n) is 9.01. The highest BCUT2D eigenvalue weighted by Crippen LogP contribution is 2.24. The summed E-state index contributed by atoms with van der Waals surface area (Å²) in [6, 6.07) is 9.15. The van der Waals surface area contributed by atoms with Crippen molar-refractivity contribution in [2.24, 2.45) is 0 Å². The first kappa shape index (κ1) is 18.6. The summed E-state index contributed by atoms with van der Waals surface area (Å²) in [5.41, 5.74) is 3.04. The second kappa shape index (κ2) is 7.23. The molecule has 3 rings (SSSR count). The Labute approximate surface area is 159 Å². The van der Waals surface area contributed by atoms with E-state index in [-0.39, 0.29) is 17.2 Å². The zero-order chi connectivity index (χ0) is 18.9. The second-order valence-electron chi connectivity index (χ2n) is 7.90. The molecule has 5 heteroatoms. The van der Waals surface area contributed by atoms with E-state index in [0.717, 1.165) is 6.42 Å². The van der Waals surface area contributed by atoms with Crippen molar-refractivity contribution < 1.29 is 9.59 Å². The number of fused-ring (bicyclic) bond motifs is 1. The number of carbonyl (C=O) groups is 2. The van der Waals surface area contributed by atoms with Crippen LogP contribution in [0.3, 0.4) is 0 Å². The molecule has 0 spiro atoms. The van der Waals surface area contributed by atoms with Gasteiger partial charge in [-0.2, -0.15) is 0 Å². The molecule has 1 aromatic heterocycles. The van der Waals surface area contributed by atoms with Gasteiger partial charge in [-0.05, 0) is 53.5 Å². The lowest BCUT2D eigenvalue weighted by Gasteiger charge is -2.29. The Balaban J connectivity index is 1.61. The van der Waals surface area contributed by atoms with Crippen LogP contribution in [-0.4, -0.2) is 29.3 Å². The number of amides is 2. The fourth-order valence-electron chi connectivity index (χ4n) is 3.17. The highest BCUT2D eigenvalue weighted by molar-refractivity contribution is 7.10. The van der Waals surface area contributed by atoms with E-state index < -0.39 is 6.04 Å². The van der Waals surface area contributed by atoms with Crippen molar-refractivity contribution in [1.82, 2.24) is 10.2 Å². The zero-order valence-corrected chi connectivity index (χ0v) is 16.7. The van der Waals surface area contributed by atoms with Gasteiger partial charge in [-0.3, -0.25) is 9.59 Å². The van der Waals surface area contributed by atoms with Crippen LogP contribution in [0, 0.1) is 0 Å². The molecule has 1 aromatic carbocycles. The van der Waals surface area contributed by atoms with E-state index in [2.05, 4.69) is 37.5 Å². The van der Waals surface area contributed by atoms with Gasteiger partial charge in [-0.15, -0.1) is 11.3 Å². The van der Waals surface area contributed by atoms with Crippen molar-refractivity contribution in [3.8, 4) is 0 Å². The molecule has 0 fully saturated rings. The first-order chi connectivity index (χ1) is 12.3. The monoisotopic (exact) mass is 370 g/mol. The average Bonchev–Trinajstić information content (AvgIpc) is 3.08. The van der Waals surface area contributed by atoms with Gasteiger partial charge in [0.15, 0.2) is 0 Å². The molecule has 0 aliphatic carbocycles. The molecular weight excluding hydrogens is 344 g/mol. The molecule has 1 aliphatic rings. The number of nitrogens with one attached hydrogen (secondary N) is 1. The number of benzene rings is 1. The van der Waals surface area contributed by atoms with Crippen molar-refractivity contribution in [1.29, 1.82) is 0 Å². The Morgan fingerprint density at radius 3 is 2.50 bits per heavy atom. The predicted molar refractivity (Wildman–Crippen MR) is 106 cm³/mol. The van der Waals surface area contributed by atoms with E-state index >= 15 is 0 Å². The van der Waals surface area contributed by atoms with E-state index in [1.54, 1.807) is 18.3 Å². The second-order valence-corrected chi connectivity index (χ2v) is 8.90. The van der Waals surface area contributed by atoms with Crippen molar-refractivity contribution in [3.63, 3.8) is 0 Å². The number of thiophene rings is 1. The zero-order valence-electron chi connectivity index (χ0n) is 15.8. The van der Waals surface area contributed by atoms with Crippen LogP contribution in [0.4, 0.5) is 0 Å². The van der Waals surface area contributed by atoms with Crippen molar-refractivity contribution in [3.05, 3.63) is 57.3 Å². The lowest BCUT2D eigenvalue weighted by molar-refractivity contribution is -0.133. The number of carbonyl (C=O) groups excluding carboxylic acids is 2. The molecule has 2 amide bonds. The van der Waals surface area contributed by atoms with E-state index in [1.165, 1.54) is 16.0 Å². The lowest BCUT2D eigenvalue weighted by Crippen LogP contribution is -2.48. The van der Waals surface area contributed by atoms with Crippen LogP contribution in [0.2, 0.25) is 0 Å². The average molecular weight is 371 g/mol. The Hall–Kier alpha value is -2.14. The molecule has 1 atom stereocenters. The Bertz CT molecular complexity index is 802. The van der Waals surface area contributed by atoms with Crippen molar-refractivity contribution >= 4 is 23.2 Å². The summed E-state index contributed by atoms with van der Waals surface area (Å²) in [6.07, 6.45) is 0.896. The van der Waals surface area contributed by atoms with Gasteiger partial charge in [0.1, 0.15) is 6.04 Å². The van der Waals surface area contributed by atoms with Gasteiger partial charge in [0, 0.05) is 23.5 Å². The van der Waals surface area contributed by atoms with Crippen LogP contribution in [0.1, 0.15) is 54.1 Å². The molecule has 0 unspecified atom stereocenters. The fraction of sp³-hybridized carbons (Fsp3) is 0.429. The van der Waals surface area contributed by atoms with Crippen molar-refractivity contribution in [2.75, 3.05) is 6.54 Å². The van der Waals surface area contributed by atoms with Crippen LogP contribution < -0.4 is 5.32 Å². The topological polar surface area (TPSA) is 49.4 Å². The molecule has 1 aliphatic heterocycles. The number of nitrogens with zero attached hydrogens (tertiary/aromatic N) is 1. The van der Waals surface area contributed by atoms with Gasteiger partial charge in [-0.25, -0.2) is 0 Å². The summed E-state index contributed by atoms with van der Waals surface area (Å²) in [5.74, 6) is -0.235. The number of hydrogen-bond acceptors (Lipinski definition) is 3. The lowest BCUT2D eigenvalue weighted by atomic mass is 9.86. The highest BCUT2D eigenvalue weighted by atomic mass is 32.1. The van der Waals surface area contributed by atoms with Gasteiger partial charge in [0.05, 0.1) is 0 Å². The third kappa shape index (κ3) is 3.98. The molecule has 26 heavy (non-hydrogen) atoms. The van der Waals surface area contributed by atoms with E-state index in [9.17, 15) is 9.59 Å². The van der Waals surface area contributed by atoms with Gasteiger partial charge in [-0.1, -0.05) is 32.9 Å². The summed E-state index contributed by atoms with van der Waals surface area (Å²) >= 11 is 1.75. The molecule has 1 N–H and O–H groups in total. The Morgan fingerprint density at radius 2 is 1.85 bits per heavy atom. The number of hydrogen-bond donors (Lipinski definition) is 1. The molecular formula is C21H26N2O2S. The van der Waals surface area contributed by atoms with Gasteiger partial charge >= 0.3 is 0 Å². The SMILES string of the molecule is C[C@@H](NC(=O)c1ccc(C(C)(C)C)cc1)C(=O)N1CCc2sccc2C1. The normalized spacial score (nSPS) is 15.3. The molecule has 2 aromatic rings. The molecule has 0 radical (unpaired) electrons. The molecule has 0 saturated carbocycles. The smallest absolute Gasteiger partial charge is 0.251 e. The molecule has 0 bridgehead atoms. The van der Waals surface area contributed by atoms with Gasteiger partial charge in [0.25, 0.3) is 5.91 Å². The minimum Gasteiger partial charge on any atom is -0.341 e. The van der Waals surface area contributed by atoms with E-state index in [4.69, 9.17) is 0 Å². The van der Waals surface area contributed by atoms with Crippen LogP contribution in [-0.2, 0) is 23.2 Å². The van der Waals surface area contributed by atoms with Crippen molar-refractivity contribution in [2.45, 2.75) is 52.1 Å². The molecule has 0 saturated heterocycles. The highest BCUT2D eigenvalue weighted by Gasteiger charge is 2.26. The summed E-state index contributed by atoms with van der Waals surface area (Å²) in [4.78, 5) is 28.4. The van der Waals surface area contributed by atoms with Gasteiger partial charge in [0.2, 0.25) is 5.91 Å². The summed E-state index contributed by atoms with van der Waals surface area (Å²) < 4.78 is 0. The maximum absolute atomic E-state index is 12.7. The minimum absolute atomic E-state index is 0.0264. The molecule has 138 valence electrons. The maximum atomic E-state index is 12.7. The standard InChI is InChI=1S/C21H26N2O2S/c1-14(20(25)23-11-9-18-16(13-23)10-12-26-18)22-19(24)15-5-7-17(8-6-15)21(2,3)4/h5-8,10,12,14H,9,11,13H2,1-4H3,(H,22,24)/t14-/m1/s1. The largest absolute Gasteiger partial charge is 0.341 e. The molecule has 2 heterocycles. The maximum Gasteiger partial charge on any atom is 0.251 e.